The summed E-state index contributed by atoms with van der Waals surface area (Å²) in [5.74, 6) is -0.164. The summed E-state index contributed by atoms with van der Waals surface area (Å²) < 4.78 is 29.4. The lowest BCUT2D eigenvalue weighted by Crippen LogP contribution is -2.54. The highest BCUT2D eigenvalue weighted by Crippen LogP contribution is 2.47. The molecule has 2 aliphatic rings. The number of carbonyl (C=O) groups is 1. The number of rotatable bonds is 4. The predicted molar refractivity (Wildman–Crippen MR) is 130 cm³/mol. The average Bonchev–Trinajstić information content (AvgIpc) is 3.39. The molecule has 1 aliphatic heterocycles. The highest BCUT2D eigenvalue weighted by molar-refractivity contribution is 7.89. The Morgan fingerprint density at radius 3 is 2.59 bits per heavy atom. The second-order valence-corrected chi connectivity index (χ2v) is 11.6. The maximum atomic E-state index is 13.2. The van der Waals surface area contributed by atoms with Crippen molar-refractivity contribution in [3.63, 3.8) is 0 Å². The van der Waals surface area contributed by atoms with Crippen LogP contribution in [0.4, 0.5) is 0 Å². The monoisotopic (exact) mass is 498 g/mol. The van der Waals surface area contributed by atoms with Crippen molar-refractivity contribution in [2.75, 3.05) is 13.1 Å². The van der Waals surface area contributed by atoms with Crippen LogP contribution in [0.3, 0.4) is 0 Å². The van der Waals surface area contributed by atoms with Crippen LogP contribution in [0.2, 0.25) is 5.02 Å². The molecule has 1 saturated heterocycles. The van der Waals surface area contributed by atoms with E-state index in [-0.39, 0.29) is 22.4 Å². The molecule has 2 aromatic carbocycles. The van der Waals surface area contributed by atoms with E-state index in [1.54, 1.807) is 23.7 Å². The highest BCUT2D eigenvalue weighted by atomic mass is 35.5. The standard InChI is InChI=1S/C25H27ClN4O3S/c1-17-7-8-19(13-21(17)26)24(31)28-22-14-18-5-3-4-6-20(18)25(22)9-11-30(12-10-25)34(32,33)23-15-29(2)16-27-23/h3-8,13,15-16,22H,9-12,14H2,1-2H3,(H,28,31). The van der Waals surface area contributed by atoms with E-state index in [1.807, 2.05) is 25.1 Å². The fourth-order valence-electron chi connectivity index (χ4n) is 5.35. The van der Waals surface area contributed by atoms with Gasteiger partial charge < -0.3 is 9.88 Å². The fourth-order valence-corrected chi connectivity index (χ4v) is 6.94. The van der Waals surface area contributed by atoms with Crippen molar-refractivity contribution in [3.05, 3.63) is 82.3 Å². The first kappa shape index (κ1) is 23.1. The number of benzene rings is 2. The summed E-state index contributed by atoms with van der Waals surface area (Å²) in [7, 11) is -1.91. The number of sulfonamides is 1. The SMILES string of the molecule is Cc1ccc(C(=O)NC2Cc3ccccc3C23CCN(S(=O)(=O)c2cn(C)cn2)CC3)cc1Cl. The number of amides is 1. The van der Waals surface area contributed by atoms with Crippen molar-refractivity contribution < 1.29 is 13.2 Å². The number of fused-ring (bicyclic) bond motifs is 2. The fraction of sp³-hybridized carbons (Fsp3) is 0.360. The third-order valence-electron chi connectivity index (χ3n) is 7.28. The first-order valence-corrected chi connectivity index (χ1v) is 13.2. The number of halogens is 1. The first-order chi connectivity index (χ1) is 16.2. The lowest BCUT2D eigenvalue weighted by molar-refractivity contribution is 0.0896. The van der Waals surface area contributed by atoms with Crippen LogP contribution in [-0.2, 0) is 28.9 Å². The molecule has 178 valence electrons. The largest absolute Gasteiger partial charge is 0.348 e. The molecule has 1 atom stereocenters. The van der Waals surface area contributed by atoms with Gasteiger partial charge in [-0.25, -0.2) is 13.4 Å². The van der Waals surface area contributed by atoms with Crippen molar-refractivity contribution in [2.45, 2.75) is 42.7 Å². The molecule has 7 nitrogen and oxygen atoms in total. The van der Waals surface area contributed by atoms with E-state index in [1.165, 1.54) is 28.0 Å². The number of hydrogen-bond donors (Lipinski definition) is 1. The quantitative estimate of drug-likeness (QED) is 0.597. The number of carbonyl (C=O) groups excluding carboxylic acids is 1. The number of piperidine rings is 1. The second-order valence-electron chi connectivity index (χ2n) is 9.29. The number of nitrogens with zero attached hydrogens (tertiary/aromatic N) is 3. The molecule has 1 spiro atoms. The molecule has 2 heterocycles. The van der Waals surface area contributed by atoms with Gasteiger partial charge in [0, 0.05) is 48.4 Å². The Kier molecular flexibility index (Phi) is 5.78. The maximum absolute atomic E-state index is 13.2. The molecule has 1 N–H and O–H groups in total. The van der Waals surface area contributed by atoms with Crippen molar-refractivity contribution in [1.29, 1.82) is 0 Å². The molecule has 3 aromatic rings. The van der Waals surface area contributed by atoms with Crippen LogP contribution in [0.25, 0.3) is 0 Å². The molecule has 1 fully saturated rings. The molecule has 1 aliphatic carbocycles. The van der Waals surface area contributed by atoms with Crippen molar-refractivity contribution in [1.82, 2.24) is 19.2 Å². The number of hydrogen-bond acceptors (Lipinski definition) is 4. The summed E-state index contributed by atoms with van der Waals surface area (Å²) >= 11 is 6.25. The molecule has 1 amide bonds. The summed E-state index contributed by atoms with van der Waals surface area (Å²) in [4.78, 5) is 17.2. The number of imidazole rings is 1. The lowest BCUT2D eigenvalue weighted by Gasteiger charge is -2.43. The van der Waals surface area contributed by atoms with Crippen molar-refractivity contribution in [2.24, 2.45) is 7.05 Å². The van der Waals surface area contributed by atoms with E-state index in [0.717, 1.165) is 5.56 Å². The molecule has 1 unspecified atom stereocenters. The van der Waals surface area contributed by atoms with Crippen LogP contribution in [0.15, 0.2) is 60.0 Å². The summed E-state index contributed by atoms with van der Waals surface area (Å²) in [6.45, 7) is 2.64. The second kappa shape index (κ2) is 8.52. The number of nitrogens with one attached hydrogen (secondary N) is 1. The highest BCUT2D eigenvalue weighted by Gasteiger charge is 2.50. The van der Waals surface area contributed by atoms with Gasteiger partial charge in [-0.05, 0) is 55.0 Å². The summed E-state index contributed by atoms with van der Waals surface area (Å²) in [6.07, 6.45) is 4.98. The zero-order valence-corrected chi connectivity index (χ0v) is 20.7. The molecule has 34 heavy (non-hydrogen) atoms. The Morgan fingerprint density at radius 1 is 1.18 bits per heavy atom. The van der Waals surface area contributed by atoms with Gasteiger partial charge in [0.2, 0.25) is 0 Å². The number of aromatic nitrogens is 2. The van der Waals surface area contributed by atoms with E-state index in [0.29, 0.717) is 42.9 Å². The Balaban J connectivity index is 1.41. The van der Waals surface area contributed by atoms with E-state index in [4.69, 9.17) is 11.6 Å². The van der Waals surface area contributed by atoms with Crippen LogP contribution in [-0.4, -0.2) is 47.3 Å². The van der Waals surface area contributed by atoms with Crippen LogP contribution in [0.1, 0.15) is 39.9 Å². The third kappa shape index (κ3) is 3.83. The molecule has 5 rings (SSSR count). The molecular weight excluding hydrogens is 472 g/mol. The molecule has 1 aromatic heterocycles. The van der Waals surface area contributed by atoms with Crippen LogP contribution in [0, 0.1) is 6.92 Å². The topological polar surface area (TPSA) is 84.3 Å². The van der Waals surface area contributed by atoms with Crippen LogP contribution < -0.4 is 5.32 Å². The third-order valence-corrected chi connectivity index (χ3v) is 9.48. The average molecular weight is 499 g/mol. The molecule has 0 bridgehead atoms. The molecular formula is C25H27ClN4O3S. The van der Waals surface area contributed by atoms with Crippen molar-refractivity contribution in [3.8, 4) is 0 Å². The zero-order chi connectivity index (χ0) is 24.1. The van der Waals surface area contributed by atoms with Crippen LogP contribution in [0.5, 0.6) is 0 Å². The smallest absolute Gasteiger partial charge is 0.262 e. The van der Waals surface area contributed by atoms with E-state index in [9.17, 15) is 13.2 Å². The van der Waals surface area contributed by atoms with Gasteiger partial charge >= 0.3 is 0 Å². The van der Waals surface area contributed by atoms with Gasteiger partial charge in [-0.2, -0.15) is 4.31 Å². The van der Waals surface area contributed by atoms with E-state index < -0.39 is 10.0 Å². The molecule has 0 saturated carbocycles. The lowest BCUT2D eigenvalue weighted by atomic mass is 9.71. The summed E-state index contributed by atoms with van der Waals surface area (Å²) in [6, 6.07) is 13.4. The minimum Gasteiger partial charge on any atom is -0.348 e. The van der Waals surface area contributed by atoms with Gasteiger partial charge in [-0.1, -0.05) is 41.9 Å². The minimum atomic E-state index is -3.66. The summed E-state index contributed by atoms with van der Waals surface area (Å²) in [5.41, 5.74) is 3.53. The maximum Gasteiger partial charge on any atom is 0.262 e. The van der Waals surface area contributed by atoms with Gasteiger partial charge in [0.25, 0.3) is 15.9 Å². The Labute approximate surface area is 204 Å². The minimum absolute atomic E-state index is 0.0684. The Bertz CT molecular complexity index is 1360. The van der Waals surface area contributed by atoms with Gasteiger partial charge in [0.05, 0.1) is 6.33 Å². The van der Waals surface area contributed by atoms with E-state index >= 15 is 0 Å². The van der Waals surface area contributed by atoms with Gasteiger partial charge in [-0.3, -0.25) is 4.79 Å². The first-order valence-electron chi connectivity index (χ1n) is 11.3. The van der Waals surface area contributed by atoms with E-state index in [2.05, 4.69) is 22.4 Å². The zero-order valence-electron chi connectivity index (χ0n) is 19.2. The van der Waals surface area contributed by atoms with Gasteiger partial charge in [-0.15, -0.1) is 0 Å². The van der Waals surface area contributed by atoms with Gasteiger partial charge in [0.1, 0.15) is 0 Å². The van der Waals surface area contributed by atoms with Crippen LogP contribution >= 0.6 is 11.6 Å². The van der Waals surface area contributed by atoms with Gasteiger partial charge in [0.15, 0.2) is 5.03 Å². The Hall–Kier alpha value is -2.68. The van der Waals surface area contributed by atoms with Crippen molar-refractivity contribution >= 4 is 27.5 Å². The molecule has 9 heteroatoms. The normalized spacial score (nSPS) is 19.8. The summed E-state index contributed by atoms with van der Waals surface area (Å²) in [5, 5.41) is 3.89. The molecule has 0 radical (unpaired) electrons. The Morgan fingerprint density at radius 2 is 1.91 bits per heavy atom. The predicted octanol–water partition coefficient (Wildman–Crippen LogP) is 3.46. The number of aryl methyl sites for hydroxylation is 2.